The van der Waals surface area contributed by atoms with Crippen LogP contribution in [-0.4, -0.2) is 27.2 Å². The highest BCUT2D eigenvalue weighted by molar-refractivity contribution is 14.1. The summed E-state index contributed by atoms with van der Waals surface area (Å²) in [6, 6.07) is 10.1. The minimum Gasteiger partial charge on any atom is -0.438 e. The van der Waals surface area contributed by atoms with Gasteiger partial charge in [0.15, 0.2) is 5.65 Å². The molecular formula is C14H12BIN2O3S. The van der Waals surface area contributed by atoms with Crippen molar-refractivity contribution in [2.45, 2.75) is 11.8 Å². The van der Waals surface area contributed by atoms with Gasteiger partial charge in [-0.15, -0.1) is 22.4 Å². The number of rotatable bonds is 3. The first-order chi connectivity index (χ1) is 10.4. The van der Waals surface area contributed by atoms with E-state index in [1.54, 1.807) is 36.4 Å². The summed E-state index contributed by atoms with van der Waals surface area (Å²) in [5, 5.41) is 10.5. The Morgan fingerprint density at radius 1 is 1.23 bits per heavy atom. The zero-order valence-corrected chi connectivity index (χ0v) is 14.6. The lowest BCUT2D eigenvalue weighted by Gasteiger charge is -2.07. The van der Waals surface area contributed by atoms with Gasteiger partial charge >= 0.3 is 4.77 Å². The monoisotopic (exact) mass is 426 g/mol. The highest BCUT2D eigenvalue weighted by atomic mass is 127. The fourth-order valence-electron chi connectivity index (χ4n) is 2.25. The summed E-state index contributed by atoms with van der Waals surface area (Å²) in [6.45, 7) is 1.90. The molecule has 0 fully saturated rings. The second-order valence-corrected chi connectivity index (χ2v) is 7.90. The Morgan fingerprint density at radius 2 is 1.91 bits per heavy atom. The maximum atomic E-state index is 12.8. The van der Waals surface area contributed by atoms with Gasteiger partial charge in [-0.05, 0) is 30.6 Å². The Kier molecular flexibility index (Phi) is 4.00. The molecule has 0 saturated carbocycles. The standard InChI is InChI=1S/C14H12BIN2O3S/c1-10-4-6-11(7-5-10)22(20,21)18-9-13(15(16)19)12-3-2-8-17-14(12)18/h2-9,19H,1H3. The van der Waals surface area contributed by atoms with Crippen LogP contribution in [0.15, 0.2) is 53.7 Å². The third kappa shape index (κ3) is 2.55. The number of hydrogen-bond donors (Lipinski definition) is 1. The molecule has 22 heavy (non-hydrogen) atoms. The molecule has 112 valence electrons. The molecule has 5 nitrogen and oxygen atoms in total. The van der Waals surface area contributed by atoms with Gasteiger partial charge in [-0.1, -0.05) is 23.8 Å². The van der Waals surface area contributed by atoms with Crippen LogP contribution in [0.3, 0.4) is 0 Å². The summed E-state index contributed by atoms with van der Waals surface area (Å²) in [5.74, 6) is 0. The van der Waals surface area contributed by atoms with Gasteiger partial charge in [0.2, 0.25) is 0 Å². The van der Waals surface area contributed by atoms with Gasteiger partial charge in [-0.3, -0.25) is 0 Å². The summed E-state index contributed by atoms with van der Waals surface area (Å²) in [5.41, 5.74) is 1.82. The number of aryl methyl sites for hydroxylation is 1. The minimum absolute atomic E-state index is 0.190. The first-order valence-electron chi connectivity index (χ1n) is 6.51. The van der Waals surface area contributed by atoms with Gasteiger partial charge in [0.1, 0.15) is 0 Å². The molecule has 0 amide bonds. The van der Waals surface area contributed by atoms with E-state index in [0.29, 0.717) is 16.5 Å². The number of nitrogens with zero attached hydrogens (tertiary/aromatic N) is 2. The van der Waals surface area contributed by atoms with Crippen molar-refractivity contribution in [1.82, 2.24) is 8.96 Å². The highest BCUT2D eigenvalue weighted by Crippen LogP contribution is 2.20. The predicted molar refractivity (Wildman–Crippen MR) is 95.1 cm³/mol. The van der Waals surface area contributed by atoms with Crippen molar-refractivity contribution >= 4 is 53.7 Å². The molecular weight excluding hydrogens is 414 g/mol. The Balaban J connectivity index is 2.27. The molecule has 0 radical (unpaired) electrons. The van der Waals surface area contributed by atoms with Crippen LogP contribution in [0.25, 0.3) is 11.0 Å². The lowest BCUT2D eigenvalue weighted by Crippen LogP contribution is -2.23. The van der Waals surface area contributed by atoms with E-state index in [0.717, 1.165) is 9.54 Å². The van der Waals surface area contributed by atoms with Gasteiger partial charge in [0, 0.05) is 17.8 Å². The molecule has 3 rings (SSSR count). The lowest BCUT2D eigenvalue weighted by molar-refractivity contribution is 0.589. The molecule has 1 N–H and O–H groups in total. The molecule has 0 aliphatic rings. The lowest BCUT2D eigenvalue weighted by atomic mass is 9.89. The normalized spacial score (nSPS) is 11.8. The van der Waals surface area contributed by atoms with Gasteiger partial charge in [-0.25, -0.2) is 17.4 Å². The molecule has 1 aromatic carbocycles. The van der Waals surface area contributed by atoms with E-state index in [1.165, 1.54) is 12.4 Å². The molecule has 0 spiro atoms. The number of fused-ring (bicyclic) bond motifs is 1. The number of hydrogen-bond acceptors (Lipinski definition) is 4. The summed E-state index contributed by atoms with van der Waals surface area (Å²) in [7, 11) is -3.76. The Bertz CT molecular complexity index is 936. The van der Waals surface area contributed by atoms with Crippen molar-refractivity contribution < 1.29 is 13.4 Å². The fourth-order valence-corrected chi connectivity index (χ4v) is 4.08. The van der Waals surface area contributed by atoms with Crippen molar-refractivity contribution in [2.24, 2.45) is 0 Å². The zero-order chi connectivity index (χ0) is 15.9. The Labute approximate surface area is 142 Å². The Hall–Kier alpha value is -1.39. The van der Waals surface area contributed by atoms with Crippen LogP contribution in [0.5, 0.6) is 0 Å². The molecule has 0 bridgehead atoms. The van der Waals surface area contributed by atoms with E-state index in [4.69, 9.17) is 0 Å². The largest absolute Gasteiger partial charge is 0.438 e. The zero-order valence-electron chi connectivity index (χ0n) is 11.6. The maximum Gasteiger partial charge on any atom is 0.399 e. The molecule has 2 heterocycles. The van der Waals surface area contributed by atoms with E-state index in [2.05, 4.69) is 4.98 Å². The highest BCUT2D eigenvalue weighted by Gasteiger charge is 2.25. The second kappa shape index (κ2) is 5.67. The summed E-state index contributed by atoms with van der Waals surface area (Å²) < 4.78 is 26.0. The number of aromatic nitrogens is 2. The second-order valence-electron chi connectivity index (χ2n) is 4.91. The van der Waals surface area contributed by atoms with Crippen LogP contribution in [0.2, 0.25) is 0 Å². The van der Waals surface area contributed by atoms with E-state index < -0.39 is 14.8 Å². The topological polar surface area (TPSA) is 72.2 Å². The van der Waals surface area contributed by atoms with Crippen LogP contribution in [0.4, 0.5) is 0 Å². The number of halogens is 1. The molecule has 0 aliphatic heterocycles. The maximum absolute atomic E-state index is 12.8. The van der Waals surface area contributed by atoms with Gasteiger partial charge in [-0.2, -0.15) is 0 Å². The smallest absolute Gasteiger partial charge is 0.399 e. The van der Waals surface area contributed by atoms with Crippen molar-refractivity contribution in [2.75, 3.05) is 0 Å². The average Bonchev–Trinajstić information content (AvgIpc) is 2.88. The third-order valence-corrected chi connectivity index (χ3v) is 5.73. The quantitative estimate of drug-likeness (QED) is 0.512. The van der Waals surface area contributed by atoms with Crippen LogP contribution in [-0.2, 0) is 10.0 Å². The molecule has 2 aromatic heterocycles. The van der Waals surface area contributed by atoms with Gasteiger partial charge in [0.25, 0.3) is 10.0 Å². The minimum atomic E-state index is -3.76. The van der Waals surface area contributed by atoms with Crippen LogP contribution >= 0.6 is 22.4 Å². The first-order valence-corrected chi connectivity index (χ1v) is 9.20. The van der Waals surface area contributed by atoms with E-state index >= 15 is 0 Å². The summed E-state index contributed by atoms with van der Waals surface area (Å²) >= 11 is 1.84. The SMILES string of the molecule is Cc1ccc(S(=O)(=O)n2cc(B(O)I)c3cccnc32)cc1. The molecule has 0 aliphatic carbocycles. The van der Waals surface area contributed by atoms with Crippen LogP contribution < -0.4 is 5.46 Å². The summed E-state index contributed by atoms with van der Waals surface area (Å²) in [4.78, 5) is 4.35. The third-order valence-electron chi connectivity index (χ3n) is 3.40. The summed E-state index contributed by atoms with van der Waals surface area (Å²) in [6.07, 6.45) is 2.97. The molecule has 0 saturated heterocycles. The van der Waals surface area contributed by atoms with Crippen molar-refractivity contribution in [3.63, 3.8) is 0 Å². The molecule has 0 atom stereocenters. The van der Waals surface area contributed by atoms with Crippen molar-refractivity contribution in [3.05, 3.63) is 54.4 Å². The molecule has 3 aromatic rings. The number of pyridine rings is 1. The van der Waals surface area contributed by atoms with Crippen LogP contribution in [0, 0.1) is 6.92 Å². The van der Waals surface area contributed by atoms with E-state index in [-0.39, 0.29) is 4.90 Å². The van der Waals surface area contributed by atoms with Crippen molar-refractivity contribution in [3.8, 4) is 0 Å². The van der Waals surface area contributed by atoms with E-state index in [9.17, 15) is 13.4 Å². The van der Waals surface area contributed by atoms with Gasteiger partial charge in [0.05, 0.1) is 4.90 Å². The Morgan fingerprint density at radius 3 is 2.55 bits per heavy atom. The van der Waals surface area contributed by atoms with Crippen molar-refractivity contribution in [1.29, 1.82) is 0 Å². The van der Waals surface area contributed by atoms with Crippen LogP contribution in [0.1, 0.15) is 5.56 Å². The predicted octanol–water partition coefficient (Wildman–Crippen LogP) is 1.70. The fraction of sp³-hybridized carbons (Fsp3) is 0.0714. The van der Waals surface area contributed by atoms with Gasteiger partial charge < -0.3 is 5.02 Å². The first kappa shape index (κ1) is 15.5. The average molecular weight is 426 g/mol. The molecule has 0 unspecified atom stereocenters. The number of benzene rings is 1. The van der Waals surface area contributed by atoms with E-state index in [1.807, 2.05) is 29.3 Å². The molecule has 8 heteroatoms.